The van der Waals surface area contributed by atoms with Crippen molar-refractivity contribution >= 4 is 38.2 Å². The molecule has 0 aliphatic carbocycles. The van der Waals surface area contributed by atoms with Crippen LogP contribution in [0.15, 0.2) is 41.6 Å². The van der Waals surface area contributed by atoms with Gasteiger partial charge < -0.3 is 0 Å². The monoisotopic (exact) mass is 350 g/mol. The lowest BCUT2D eigenvalue weighted by Crippen LogP contribution is -2.15. The average molecular weight is 351 g/mol. The molecule has 2 heterocycles. The summed E-state index contributed by atoms with van der Waals surface area (Å²) < 4.78 is 29.6. The number of nitrogens with zero attached hydrogens (tertiary/aromatic N) is 3. The van der Waals surface area contributed by atoms with E-state index in [0.29, 0.717) is 12.1 Å². The molecule has 6 nitrogen and oxygen atoms in total. The minimum Gasteiger partial charge on any atom is -0.277 e. The normalized spacial score (nSPS) is 11.8. The van der Waals surface area contributed by atoms with Crippen molar-refractivity contribution in [1.82, 2.24) is 14.8 Å². The van der Waals surface area contributed by atoms with Gasteiger partial charge in [0.15, 0.2) is 0 Å². The van der Waals surface area contributed by atoms with Gasteiger partial charge in [0.25, 0.3) is 10.0 Å². The summed E-state index contributed by atoms with van der Waals surface area (Å²) in [5.41, 5.74) is 2.18. The molecule has 2 aromatic heterocycles. The molecule has 8 heteroatoms. The van der Waals surface area contributed by atoms with E-state index in [2.05, 4.69) is 14.8 Å². The summed E-state index contributed by atoms with van der Waals surface area (Å²) in [6.07, 6.45) is 3.63. The maximum Gasteiger partial charge on any atom is 0.263 e. The Balaban J connectivity index is 2.13. The highest BCUT2D eigenvalue weighted by Crippen LogP contribution is 2.29. The number of rotatable bonds is 4. The summed E-state index contributed by atoms with van der Waals surface area (Å²) in [5.74, 6) is 0. The van der Waals surface area contributed by atoms with E-state index in [9.17, 15) is 8.42 Å². The maximum absolute atomic E-state index is 12.6. The molecule has 0 saturated heterocycles. The molecule has 1 aromatic carbocycles. The molecule has 0 unspecified atom stereocenters. The topological polar surface area (TPSA) is 76.9 Å². The number of nitrogens with one attached hydrogen (secondary N) is 1. The minimum absolute atomic E-state index is 0.0584. The molecule has 0 aliphatic rings. The van der Waals surface area contributed by atoms with Crippen LogP contribution in [0.2, 0.25) is 5.15 Å². The third-order valence-electron chi connectivity index (χ3n) is 3.62. The number of hydrogen-bond donors (Lipinski definition) is 1. The first-order valence-electron chi connectivity index (χ1n) is 7.00. The Morgan fingerprint density at radius 2 is 2.00 bits per heavy atom. The Kier molecular flexibility index (Phi) is 3.99. The Labute approximate surface area is 139 Å². The van der Waals surface area contributed by atoms with Crippen molar-refractivity contribution in [3.63, 3.8) is 0 Å². The van der Waals surface area contributed by atoms with Gasteiger partial charge >= 0.3 is 0 Å². The standard InChI is InChI=1S/C15H15ClN4O2S/c1-3-10-4-5-11-8-18-20(2)15(11)14(10)19-23(21,22)12-6-7-13(16)17-9-12/h4-9,19H,3H2,1-2H3. The highest BCUT2D eigenvalue weighted by Gasteiger charge is 2.19. The van der Waals surface area contributed by atoms with Crippen LogP contribution in [-0.4, -0.2) is 23.2 Å². The van der Waals surface area contributed by atoms with E-state index >= 15 is 0 Å². The number of pyridine rings is 1. The first kappa shape index (κ1) is 15.8. The molecule has 0 spiro atoms. The van der Waals surface area contributed by atoms with E-state index in [1.54, 1.807) is 17.9 Å². The van der Waals surface area contributed by atoms with Crippen molar-refractivity contribution in [1.29, 1.82) is 0 Å². The Morgan fingerprint density at radius 1 is 1.22 bits per heavy atom. The van der Waals surface area contributed by atoms with Crippen LogP contribution in [-0.2, 0) is 23.5 Å². The third kappa shape index (κ3) is 2.89. The van der Waals surface area contributed by atoms with Gasteiger partial charge in [0.1, 0.15) is 10.0 Å². The van der Waals surface area contributed by atoms with Crippen LogP contribution in [0.25, 0.3) is 10.9 Å². The summed E-state index contributed by atoms with van der Waals surface area (Å²) in [6, 6.07) is 6.71. The number of anilines is 1. The Hall–Kier alpha value is -2.12. The van der Waals surface area contributed by atoms with Gasteiger partial charge in [-0.25, -0.2) is 13.4 Å². The van der Waals surface area contributed by atoms with Gasteiger partial charge in [-0.05, 0) is 24.1 Å². The molecule has 0 saturated carbocycles. The number of hydrogen-bond acceptors (Lipinski definition) is 4. The van der Waals surface area contributed by atoms with Crippen LogP contribution in [0.3, 0.4) is 0 Å². The fraction of sp³-hybridized carbons (Fsp3) is 0.200. The van der Waals surface area contributed by atoms with Gasteiger partial charge in [-0.2, -0.15) is 5.10 Å². The molecule has 120 valence electrons. The van der Waals surface area contributed by atoms with Crippen molar-refractivity contribution in [3.05, 3.63) is 47.4 Å². The second kappa shape index (κ2) is 5.82. The van der Waals surface area contributed by atoms with E-state index in [4.69, 9.17) is 11.6 Å². The zero-order valence-corrected chi connectivity index (χ0v) is 14.2. The van der Waals surface area contributed by atoms with Gasteiger partial charge in [0.05, 0.1) is 17.4 Å². The number of aryl methyl sites for hydroxylation is 2. The Morgan fingerprint density at radius 3 is 2.65 bits per heavy atom. The van der Waals surface area contributed by atoms with Crippen LogP contribution >= 0.6 is 11.6 Å². The molecule has 0 fully saturated rings. The fourth-order valence-corrected chi connectivity index (χ4v) is 3.60. The molecule has 3 rings (SSSR count). The number of benzene rings is 1. The van der Waals surface area contributed by atoms with E-state index < -0.39 is 10.0 Å². The number of aromatic nitrogens is 3. The van der Waals surface area contributed by atoms with Crippen LogP contribution in [0.1, 0.15) is 12.5 Å². The lowest BCUT2D eigenvalue weighted by Gasteiger charge is -2.14. The second-order valence-corrected chi connectivity index (χ2v) is 7.15. The van der Waals surface area contributed by atoms with Gasteiger partial charge in [-0.15, -0.1) is 0 Å². The van der Waals surface area contributed by atoms with E-state index in [1.807, 2.05) is 19.1 Å². The molecule has 3 aromatic rings. The zero-order chi connectivity index (χ0) is 16.6. The van der Waals surface area contributed by atoms with Crippen LogP contribution in [0.5, 0.6) is 0 Å². The molecule has 23 heavy (non-hydrogen) atoms. The summed E-state index contributed by atoms with van der Waals surface area (Å²) in [5, 5.41) is 5.31. The molecule has 0 radical (unpaired) electrons. The number of fused-ring (bicyclic) bond motifs is 1. The van der Waals surface area contributed by atoms with Crippen LogP contribution < -0.4 is 4.72 Å². The van der Waals surface area contributed by atoms with Gasteiger partial charge in [0.2, 0.25) is 0 Å². The quantitative estimate of drug-likeness (QED) is 0.734. The maximum atomic E-state index is 12.6. The summed E-state index contributed by atoms with van der Waals surface area (Å²) in [4.78, 5) is 3.89. The molecule has 0 amide bonds. The molecule has 1 N–H and O–H groups in total. The third-order valence-corrected chi connectivity index (χ3v) is 5.18. The molecular formula is C15H15ClN4O2S. The number of halogens is 1. The first-order valence-corrected chi connectivity index (χ1v) is 8.86. The average Bonchev–Trinajstić information content (AvgIpc) is 2.89. The molecule has 0 aliphatic heterocycles. The van der Waals surface area contributed by atoms with E-state index in [0.717, 1.165) is 16.5 Å². The lowest BCUT2D eigenvalue weighted by molar-refractivity contribution is 0.601. The largest absolute Gasteiger partial charge is 0.277 e. The zero-order valence-electron chi connectivity index (χ0n) is 12.6. The molecule has 0 bridgehead atoms. The summed E-state index contributed by atoms with van der Waals surface area (Å²) >= 11 is 5.72. The van der Waals surface area contributed by atoms with Crippen LogP contribution in [0.4, 0.5) is 5.69 Å². The van der Waals surface area contributed by atoms with Crippen molar-refractivity contribution in [2.24, 2.45) is 7.05 Å². The van der Waals surface area contributed by atoms with Gasteiger partial charge in [-0.1, -0.05) is 30.7 Å². The highest BCUT2D eigenvalue weighted by molar-refractivity contribution is 7.92. The van der Waals surface area contributed by atoms with E-state index in [-0.39, 0.29) is 10.0 Å². The smallest absolute Gasteiger partial charge is 0.263 e. The molecule has 0 atom stereocenters. The van der Waals surface area contributed by atoms with Crippen molar-refractivity contribution in [2.75, 3.05) is 4.72 Å². The second-order valence-electron chi connectivity index (χ2n) is 5.08. The van der Waals surface area contributed by atoms with Gasteiger partial charge in [0, 0.05) is 18.6 Å². The van der Waals surface area contributed by atoms with Crippen molar-refractivity contribution in [2.45, 2.75) is 18.2 Å². The summed E-state index contributed by atoms with van der Waals surface area (Å²) in [6.45, 7) is 1.97. The molecular weight excluding hydrogens is 336 g/mol. The van der Waals surface area contributed by atoms with Gasteiger partial charge in [-0.3, -0.25) is 9.40 Å². The van der Waals surface area contributed by atoms with Crippen LogP contribution in [0, 0.1) is 0 Å². The first-order chi connectivity index (χ1) is 10.9. The highest BCUT2D eigenvalue weighted by atomic mass is 35.5. The van der Waals surface area contributed by atoms with Crippen molar-refractivity contribution < 1.29 is 8.42 Å². The fourth-order valence-electron chi connectivity index (χ4n) is 2.43. The number of sulfonamides is 1. The minimum atomic E-state index is -3.76. The van der Waals surface area contributed by atoms with Crippen molar-refractivity contribution in [3.8, 4) is 0 Å². The SMILES string of the molecule is CCc1ccc2cnn(C)c2c1NS(=O)(=O)c1ccc(Cl)nc1. The Bertz CT molecular complexity index is 965. The predicted octanol–water partition coefficient (Wildman–Crippen LogP) is 2.98. The summed E-state index contributed by atoms with van der Waals surface area (Å²) in [7, 11) is -1.98. The lowest BCUT2D eigenvalue weighted by atomic mass is 10.1. The predicted molar refractivity (Wildman–Crippen MR) is 90.1 cm³/mol. The van der Waals surface area contributed by atoms with E-state index in [1.165, 1.54) is 18.3 Å².